The van der Waals surface area contributed by atoms with E-state index in [0.29, 0.717) is 29.3 Å². The van der Waals surface area contributed by atoms with Crippen molar-refractivity contribution < 1.29 is 31.1 Å². The number of sulfone groups is 1. The van der Waals surface area contributed by atoms with Gasteiger partial charge >= 0.3 is 0 Å². The summed E-state index contributed by atoms with van der Waals surface area (Å²) in [4.78, 5) is 18.0. The van der Waals surface area contributed by atoms with Crippen molar-refractivity contribution in [2.45, 2.75) is 49.3 Å². The number of hydrogen-bond donors (Lipinski definition) is 0. The molecule has 2 unspecified atom stereocenters. The van der Waals surface area contributed by atoms with E-state index in [4.69, 9.17) is 9.47 Å². The van der Waals surface area contributed by atoms with Gasteiger partial charge in [0.2, 0.25) is 10.0 Å². The summed E-state index contributed by atoms with van der Waals surface area (Å²) in [6.45, 7) is 7.41. The van der Waals surface area contributed by atoms with E-state index >= 15 is 0 Å². The van der Waals surface area contributed by atoms with Crippen LogP contribution in [0, 0.1) is 0 Å². The summed E-state index contributed by atoms with van der Waals surface area (Å²) in [5.74, 6) is -0.539. The van der Waals surface area contributed by atoms with Crippen LogP contribution in [0.15, 0.2) is 57.2 Å². The fraction of sp³-hybridized carbons (Fsp3) is 0.440. The first kappa shape index (κ1) is 28.6. The zero-order valence-corrected chi connectivity index (χ0v) is 24.1. The minimum Gasteiger partial charge on any atom is -0.380 e. The van der Waals surface area contributed by atoms with Crippen molar-refractivity contribution in [3.8, 4) is 0 Å². The predicted molar refractivity (Wildman–Crippen MR) is 145 cm³/mol. The number of ether oxygens (including phenoxy) is 2. The molecule has 13 heteroatoms. The van der Waals surface area contributed by atoms with Crippen molar-refractivity contribution in [3.63, 3.8) is 0 Å². The van der Waals surface area contributed by atoms with Crippen molar-refractivity contribution in [2.24, 2.45) is 4.99 Å². The minimum atomic E-state index is -3.74. The maximum atomic E-state index is 13.1. The molecular weight excluding hydrogens is 550 g/mol. The number of fused-ring (bicyclic) bond motifs is 1. The van der Waals surface area contributed by atoms with E-state index in [2.05, 4.69) is 4.99 Å². The van der Waals surface area contributed by atoms with Crippen LogP contribution in [0.2, 0.25) is 0 Å². The Labute approximate surface area is 226 Å². The number of thiazole rings is 1. The molecule has 3 aromatic rings. The number of carbonyl (C=O) groups is 1. The molecule has 1 aliphatic rings. The number of amides is 1. The van der Waals surface area contributed by atoms with Gasteiger partial charge in [0, 0.05) is 38.1 Å². The largest absolute Gasteiger partial charge is 0.380 e. The molecule has 2 heterocycles. The molecule has 0 N–H and O–H groups in total. The molecule has 1 aliphatic heterocycles. The lowest BCUT2D eigenvalue weighted by Crippen LogP contribution is -2.48. The van der Waals surface area contributed by atoms with Gasteiger partial charge < -0.3 is 14.0 Å². The molecule has 1 aromatic heterocycles. The maximum absolute atomic E-state index is 13.1. The van der Waals surface area contributed by atoms with Crippen LogP contribution in [-0.2, 0) is 35.9 Å². The van der Waals surface area contributed by atoms with Crippen LogP contribution in [0.5, 0.6) is 0 Å². The molecule has 0 bridgehead atoms. The van der Waals surface area contributed by atoms with Crippen LogP contribution in [-0.4, -0.2) is 76.4 Å². The molecule has 10 nitrogen and oxygen atoms in total. The van der Waals surface area contributed by atoms with Gasteiger partial charge in [-0.15, -0.1) is 0 Å². The monoisotopic (exact) mass is 581 g/mol. The highest BCUT2D eigenvalue weighted by Crippen LogP contribution is 2.23. The molecule has 4 rings (SSSR count). The molecule has 1 amide bonds. The van der Waals surface area contributed by atoms with E-state index in [1.165, 1.54) is 46.0 Å². The van der Waals surface area contributed by atoms with Gasteiger partial charge in [-0.05, 0) is 63.2 Å². The van der Waals surface area contributed by atoms with Gasteiger partial charge in [0.15, 0.2) is 14.6 Å². The number of carbonyl (C=O) groups excluding carboxylic acids is 1. The molecule has 0 saturated carbocycles. The van der Waals surface area contributed by atoms with Crippen molar-refractivity contribution in [1.29, 1.82) is 0 Å². The number of benzene rings is 2. The van der Waals surface area contributed by atoms with E-state index in [1.807, 2.05) is 25.3 Å². The Morgan fingerprint density at radius 3 is 2.29 bits per heavy atom. The molecule has 1 fully saturated rings. The van der Waals surface area contributed by atoms with Gasteiger partial charge in [-0.25, -0.2) is 16.8 Å². The van der Waals surface area contributed by atoms with Gasteiger partial charge in [-0.1, -0.05) is 11.3 Å². The van der Waals surface area contributed by atoms with Crippen molar-refractivity contribution >= 4 is 47.3 Å². The van der Waals surface area contributed by atoms with Gasteiger partial charge in [-0.3, -0.25) is 4.79 Å². The third-order valence-corrected chi connectivity index (χ3v) is 10.1. The Kier molecular flexibility index (Phi) is 8.55. The van der Waals surface area contributed by atoms with Crippen LogP contribution in [0.4, 0.5) is 0 Å². The highest BCUT2D eigenvalue weighted by molar-refractivity contribution is 7.90. The second kappa shape index (κ2) is 11.4. The second-order valence-electron chi connectivity index (χ2n) is 9.16. The highest BCUT2D eigenvalue weighted by atomic mass is 32.2. The van der Waals surface area contributed by atoms with Gasteiger partial charge in [0.25, 0.3) is 5.91 Å². The molecule has 0 radical (unpaired) electrons. The predicted octanol–water partition coefficient (Wildman–Crippen LogP) is 2.68. The first-order chi connectivity index (χ1) is 17.9. The summed E-state index contributed by atoms with van der Waals surface area (Å²) in [7, 11) is -7.14. The average molecular weight is 582 g/mol. The summed E-state index contributed by atoms with van der Waals surface area (Å²) in [6.07, 6.45) is 0.721. The lowest BCUT2D eigenvalue weighted by Gasteiger charge is -2.34. The zero-order chi connectivity index (χ0) is 27.7. The lowest BCUT2D eigenvalue weighted by atomic mass is 10.2. The fourth-order valence-electron chi connectivity index (χ4n) is 4.28. The second-order valence-corrected chi connectivity index (χ2v) is 14.1. The van der Waals surface area contributed by atoms with Crippen LogP contribution in [0.25, 0.3) is 10.2 Å². The summed E-state index contributed by atoms with van der Waals surface area (Å²) in [6, 6.07) is 10.5. The standard InChI is InChI=1S/C25H31N3O7S3/c1-5-34-13-12-28-22-11-10-21(37(4,30)31)14-23(22)36-25(28)26-24(29)19-6-8-20(9-7-19)38(32,33)27-15-17(2)35-18(3)16-27/h6-11,14,17-18H,5,12-13,15-16H2,1-4H3. The van der Waals surface area contributed by atoms with Gasteiger partial charge in [-0.2, -0.15) is 9.30 Å². The normalized spacial score (nSPS) is 19.7. The zero-order valence-electron chi connectivity index (χ0n) is 21.7. The summed E-state index contributed by atoms with van der Waals surface area (Å²) in [5.41, 5.74) is 0.974. The first-order valence-electron chi connectivity index (χ1n) is 12.2. The Hall–Kier alpha value is -2.42. The SMILES string of the molecule is CCOCCn1c(=NC(=O)c2ccc(S(=O)(=O)N3CC(C)OC(C)C3)cc2)sc2cc(S(C)(=O)=O)ccc21. The third-order valence-electron chi connectivity index (χ3n) is 6.07. The third kappa shape index (κ3) is 6.24. The van der Waals surface area contributed by atoms with Crippen molar-refractivity contribution in [1.82, 2.24) is 8.87 Å². The number of sulfonamides is 1. The van der Waals surface area contributed by atoms with E-state index in [1.54, 1.807) is 12.1 Å². The quantitative estimate of drug-likeness (QED) is 0.375. The Balaban J connectivity index is 1.66. The van der Waals surface area contributed by atoms with Crippen LogP contribution in [0.3, 0.4) is 0 Å². The molecule has 2 aromatic carbocycles. The van der Waals surface area contributed by atoms with Gasteiger partial charge in [0.05, 0.1) is 38.8 Å². The van der Waals surface area contributed by atoms with Gasteiger partial charge in [0.1, 0.15) is 0 Å². The Morgan fingerprint density at radius 2 is 1.68 bits per heavy atom. The molecule has 2 atom stereocenters. The summed E-state index contributed by atoms with van der Waals surface area (Å²) < 4.78 is 65.3. The van der Waals surface area contributed by atoms with E-state index in [0.717, 1.165) is 11.8 Å². The smallest absolute Gasteiger partial charge is 0.279 e. The first-order valence-corrected chi connectivity index (χ1v) is 16.3. The van der Waals surface area contributed by atoms with E-state index in [-0.39, 0.29) is 40.7 Å². The highest BCUT2D eigenvalue weighted by Gasteiger charge is 2.32. The number of hydrogen-bond acceptors (Lipinski definition) is 8. The van der Waals surface area contributed by atoms with Crippen LogP contribution >= 0.6 is 11.3 Å². The number of aromatic nitrogens is 1. The topological polar surface area (TPSA) is 124 Å². The van der Waals surface area contributed by atoms with Crippen molar-refractivity contribution in [2.75, 3.05) is 32.6 Å². The van der Waals surface area contributed by atoms with E-state index < -0.39 is 25.8 Å². The Morgan fingerprint density at radius 1 is 1.05 bits per heavy atom. The average Bonchev–Trinajstić information content (AvgIpc) is 3.19. The van der Waals surface area contributed by atoms with Crippen LogP contribution < -0.4 is 4.80 Å². The number of rotatable bonds is 8. The molecular formula is C25H31N3O7S3. The molecule has 1 saturated heterocycles. The molecule has 38 heavy (non-hydrogen) atoms. The van der Waals surface area contributed by atoms with Crippen LogP contribution in [0.1, 0.15) is 31.1 Å². The molecule has 0 aliphatic carbocycles. The minimum absolute atomic E-state index is 0.0947. The van der Waals surface area contributed by atoms with Crippen molar-refractivity contribution in [3.05, 3.63) is 52.8 Å². The molecule has 206 valence electrons. The number of nitrogens with zero attached hydrogens (tertiary/aromatic N) is 3. The maximum Gasteiger partial charge on any atom is 0.279 e. The summed E-state index contributed by atoms with van der Waals surface area (Å²) >= 11 is 1.20. The van der Waals surface area contributed by atoms with E-state index in [9.17, 15) is 21.6 Å². The molecule has 0 spiro atoms. The Bertz CT molecular complexity index is 1600. The fourth-order valence-corrected chi connectivity index (χ4v) is 7.69. The lowest BCUT2D eigenvalue weighted by molar-refractivity contribution is -0.0440. The summed E-state index contributed by atoms with van der Waals surface area (Å²) in [5, 5.41) is 0. The number of morpholine rings is 1.